The number of hydrogen-bond donors (Lipinski definition) is 0. The number of piperazine rings is 1. The van der Waals surface area contributed by atoms with Crippen LogP contribution in [0.2, 0.25) is 0 Å². The monoisotopic (exact) mass is 408 g/mol. The topological polar surface area (TPSA) is 49.3 Å². The summed E-state index contributed by atoms with van der Waals surface area (Å²) in [5.41, 5.74) is 3.32. The maximum Gasteiger partial charge on any atom is 0.282 e. The number of amides is 1. The molecule has 0 spiro atoms. The summed E-state index contributed by atoms with van der Waals surface area (Å²) in [5, 5.41) is 1.64. The highest BCUT2D eigenvalue weighted by Gasteiger charge is 2.26. The molecule has 0 radical (unpaired) electrons. The van der Waals surface area contributed by atoms with Crippen LogP contribution >= 0.6 is 22.7 Å². The molecule has 3 heterocycles. The molecule has 0 unspecified atom stereocenters. The Balaban J connectivity index is 1.31. The van der Waals surface area contributed by atoms with Gasteiger partial charge in [-0.05, 0) is 30.2 Å². The summed E-state index contributed by atoms with van der Waals surface area (Å²) in [4.78, 5) is 26.5. The van der Waals surface area contributed by atoms with Crippen LogP contribution in [-0.4, -0.2) is 47.0 Å². The molecule has 0 bridgehead atoms. The Bertz CT molecular complexity index is 1120. The van der Waals surface area contributed by atoms with Gasteiger partial charge in [-0.25, -0.2) is 9.97 Å². The van der Waals surface area contributed by atoms with E-state index in [1.165, 1.54) is 21.6 Å². The lowest BCUT2D eigenvalue weighted by Gasteiger charge is -2.34. The molecule has 0 saturated carbocycles. The fraction of sp³-hybridized carbons (Fsp3) is 0.286. The Hall–Kier alpha value is -2.51. The van der Waals surface area contributed by atoms with Gasteiger partial charge in [0.2, 0.25) is 0 Å². The molecule has 2 aromatic carbocycles. The summed E-state index contributed by atoms with van der Waals surface area (Å²) >= 11 is 3.22. The molecule has 142 valence electrons. The van der Waals surface area contributed by atoms with Gasteiger partial charge in [-0.3, -0.25) is 4.79 Å². The van der Waals surface area contributed by atoms with Crippen molar-refractivity contribution in [3.05, 3.63) is 53.0 Å². The molecule has 5 nitrogen and oxygen atoms in total. The quantitative estimate of drug-likeness (QED) is 0.503. The largest absolute Gasteiger partial charge is 0.345 e. The third-order valence-electron chi connectivity index (χ3n) is 5.19. The third-order valence-corrected chi connectivity index (χ3v) is 7.29. The number of rotatable bonds is 3. The van der Waals surface area contributed by atoms with Crippen LogP contribution in [0.4, 0.5) is 5.13 Å². The zero-order valence-corrected chi connectivity index (χ0v) is 17.2. The van der Waals surface area contributed by atoms with Gasteiger partial charge in [-0.2, -0.15) is 0 Å². The first-order chi connectivity index (χ1) is 13.7. The number of carbonyl (C=O) groups is 1. The van der Waals surface area contributed by atoms with Crippen molar-refractivity contribution in [2.24, 2.45) is 0 Å². The minimum Gasteiger partial charge on any atom is -0.345 e. The van der Waals surface area contributed by atoms with Crippen LogP contribution in [0.5, 0.6) is 0 Å². The van der Waals surface area contributed by atoms with Crippen LogP contribution in [0.15, 0.2) is 42.5 Å². The average Bonchev–Trinajstić information content (AvgIpc) is 3.37. The molecular weight excluding hydrogens is 388 g/mol. The summed E-state index contributed by atoms with van der Waals surface area (Å²) in [7, 11) is 0. The van der Waals surface area contributed by atoms with Crippen LogP contribution in [0, 0.1) is 0 Å². The van der Waals surface area contributed by atoms with Crippen molar-refractivity contribution in [2.45, 2.75) is 13.3 Å². The van der Waals surface area contributed by atoms with E-state index in [0.717, 1.165) is 40.4 Å². The van der Waals surface area contributed by atoms with Crippen molar-refractivity contribution in [2.75, 3.05) is 31.1 Å². The van der Waals surface area contributed by atoms with Gasteiger partial charge in [0.05, 0.1) is 20.4 Å². The van der Waals surface area contributed by atoms with Gasteiger partial charge in [0.25, 0.3) is 5.91 Å². The number of anilines is 1. The van der Waals surface area contributed by atoms with Gasteiger partial charge in [0.15, 0.2) is 10.1 Å². The maximum atomic E-state index is 12.9. The summed E-state index contributed by atoms with van der Waals surface area (Å²) in [6, 6.07) is 14.3. The Morgan fingerprint density at radius 3 is 2.54 bits per heavy atom. The van der Waals surface area contributed by atoms with E-state index in [4.69, 9.17) is 4.98 Å². The lowest BCUT2D eigenvalue weighted by atomic mass is 10.1. The highest BCUT2D eigenvalue weighted by molar-refractivity contribution is 7.22. The zero-order chi connectivity index (χ0) is 19.1. The van der Waals surface area contributed by atoms with Crippen molar-refractivity contribution in [1.29, 1.82) is 0 Å². The Morgan fingerprint density at radius 1 is 0.964 bits per heavy atom. The minimum atomic E-state index is 0.0402. The number of aryl methyl sites for hydroxylation is 1. The first-order valence-electron chi connectivity index (χ1n) is 9.51. The highest BCUT2D eigenvalue weighted by atomic mass is 32.1. The van der Waals surface area contributed by atoms with Crippen LogP contribution < -0.4 is 4.90 Å². The van der Waals surface area contributed by atoms with Crippen LogP contribution in [0.25, 0.3) is 20.4 Å². The lowest BCUT2D eigenvalue weighted by Crippen LogP contribution is -2.48. The molecular formula is C21H20N4OS2. The third kappa shape index (κ3) is 3.04. The SMILES string of the molecule is CCc1cccc2sc(N3CCN(C(=O)c4nc5ccccc5s4)CC3)nc12. The molecule has 7 heteroatoms. The predicted octanol–water partition coefficient (Wildman–Crippen LogP) is 4.43. The van der Waals surface area contributed by atoms with Gasteiger partial charge in [0.1, 0.15) is 0 Å². The summed E-state index contributed by atoms with van der Waals surface area (Å²) < 4.78 is 2.30. The van der Waals surface area contributed by atoms with Crippen molar-refractivity contribution >= 4 is 54.1 Å². The molecule has 28 heavy (non-hydrogen) atoms. The molecule has 1 aliphatic heterocycles. The van der Waals surface area contributed by atoms with Gasteiger partial charge in [-0.15, -0.1) is 11.3 Å². The molecule has 1 amide bonds. The number of aromatic nitrogens is 2. The first kappa shape index (κ1) is 17.6. The van der Waals surface area contributed by atoms with Crippen LogP contribution in [-0.2, 0) is 6.42 Å². The van der Waals surface area contributed by atoms with E-state index in [9.17, 15) is 4.79 Å². The normalized spacial score (nSPS) is 14.9. The van der Waals surface area contributed by atoms with E-state index in [0.29, 0.717) is 18.1 Å². The van der Waals surface area contributed by atoms with E-state index in [1.807, 2.05) is 29.2 Å². The predicted molar refractivity (Wildman–Crippen MR) is 117 cm³/mol. The molecule has 0 atom stereocenters. The van der Waals surface area contributed by atoms with E-state index in [-0.39, 0.29) is 5.91 Å². The van der Waals surface area contributed by atoms with Crippen LogP contribution in [0.1, 0.15) is 22.3 Å². The van der Waals surface area contributed by atoms with Gasteiger partial charge in [0, 0.05) is 26.2 Å². The molecule has 1 saturated heterocycles. The standard InChI is InChI=1S/C21H20N4OS2/c1-2-14-6-5-9-17-18(14)23-21(28-17)25-12-10-24(11-13-25)20(26)19-22-15-7-3-4-8-16(15)27-19/h3-9H,2,10-13H2,1H3. The second kappa shape index (κ2) is 7.14. The Labute approximate surface area is 171 Å². The molecule has 1 aliphatic rings. The fourth-order valence-electron chi connectivity index (χ4n) is 3.61. The van der Waals surface area contributed by atoms with Crippen molar-refractivity contribution in [3.63, 3.8) is 0 Å². The molecule has 1 fully saturated rings. The number of thiazole rings is 2. The summed E-state index contributed by atoms with van der Waals surface area (Å²) in [6.07, 6.45) is 0.991. The molecule has 4 aromatic rings. The van der Waals surface area contributed by atoms with E-state index in [2.05, 4.69) is 35.0 Å². The Kier molecular flexibility index (Phi) is 4.49. The number of carbonyl (C=O) groups excluding carboxylic acids is 1. The maximum absolute atomic E-state index is 12.9. The van der Waals surface area contributed by atoms with Crippen LogP contribution in [0.3, 0.4) is 0 Å². The summed E-state index contributed by atoms with van der Waals surface area (Å²) in [6.45, 7) is 5.17. The van der Waals surface area contributed by atoms with Gasteiger partial charge >= 0.3 is 0 Å². The second-order valence-electron chi connectivity index (χ2n) is 6.88. The minimum absolute atomic E-state index is 0.0402. The van der Waals surface area contributed by atoms with Crippen molar-refractivity contribution in [3.8, 4) is 0 Å². The number of nitrogens with zero attached hydrogens (tertiary/aromatic N) is 4. The van der Waals surface area contributed by atoms with Gasteiger partial charge < -0.3 is 9.80 Å². The molecule has 0 N–H and O–H groups in total. The van der Waals surface area contributed by atoms with E-state index in [1.54, 1.807) is 11.3 Å². The van der Waals surface area contributed by atoms with E-state index < -0.39 is 0 Å². The van der Waals surface area contributed by atoms with Crippen molar-refractivity contribution in [1.82, 2.24) is 14.9 Å². The highest BCUT2D eigenvalue weighted by Crippen LogP contribution is 2.32. The lowest BCUT2D eigenvalue weighted by molar-refractivity contribution is 0.0746. The first-order valence-corrected chi connectivity index (χ1v) is 11.1. The zero-order valence-electron chi connectivity index (χ0n) is 15.6. The average molecular weight is 409 g/mol. The second-order valence-corrected chi connectivity index (χ2v) is 8.92. The molecule has 5 rings (SSSR count). The number of hydrogen-bond acceptors (Lipinski definition) is 6. The molecule has 0 aliphatic carbocycles. The van der Waals surface area contributed by atoms with Gasteiger partial charge in [-0.1, -0.05) is 42.5 Å². The number of benzene rings is 2. The van der Waals surface area contributed by atoms with Crippen molar-refractivity contribution < 1.29 is 4.79 Å². The van der Waals surface area contributed by atoms with E-state index >= 15 is 0 Å². The Morgan fingerprint density at radius 2 is 1.75 bits per heavy atom. The summed E-state index contributed by atoms with van der Waals surface area (Å²) in [5.74, 6) is 0.0402. The number of para-hydroxylation sites is 2. The molecule has 2 aromatic heterocycles. The fourth-order valence-corrected chi connectivity index (χ4v) is 5.61. The smallest absolute Gasteiger partial charge is 0.282 e. The number of fused-ring (bicyclic) bond motifs is 2.